The zero-order valence-corrected chi connectivity index (χ0v) is 15.0. The number of ether oxygens (including phenoxy) is 1. The van der Waals surface area contributed by atoms with Crippen molar-refractivity contribution >= 4 is 0 Å². The molecule has 1 aliphatic heterocycles. The largest absolute Gasteiger partial charge is 0.496 e. The van der Waals surface area contributed by atoms with Gasteiger partial charge in [-0.15, -0.1) is 10.2 Å². The molecule has 0 N–H and O–H groups in total. The molecule has 6 nitrogen and oxygen atoms in total. The van der Waals surface area contributed by atoms with E-state index < -0.39 is 0 Å². The molecule has 2 aromatic rings. The van der Waals surface area contributed by atoms with E-state index in [4.69, 9.17) is 9.15 Å². The molecular weight excluding hydrogens is 316 g/mol. The van der Waals surface area contributed by atoms with Crippen LogP contribution in [0.25, 0.3) is 0 Å². The van der Waals surface area contributed by atoms with Crippen molar-refractivity contribution in [2.75, 3.05) is 33.3 Å². The van der Waals surface area contributed by atoms with Gasteiger partial charge in [-0.1, -0.05) is 18.2 Å². The third kappa shape index (κ3) is 3.70. The average molecular weight is 342 g/mol. The summed E-state index contributed by atoms with van der Waals surface area (Å²) in [5, 5.41) is 8.39. The molecular formula is C19H26N4O2. The van der Waals surface area contributed by atoms with E-state index in [0.29, 0.717) is 12.0 Å². The quantitative estimate of drug-likeness (QED) is 0.805. The van der Waals surface area contributed by atoms with Crippen molar-refractivity contribution in [1.82, 2.24) is 20.0 Å². The molecule has 0 unspecified atom stereocenters. The van der Waals surface area contributed by atoms with Crippen LogP contribution in [0.1, 0.15) is 49.1 Å². The summed E-state index contributed by atoms with van der Waals surface area (Å²) in [7, 11) is 1.74. The summed E-state index contributed by atoms with van der Waals surface area (Å²) >= 11 is 0. The first-order chi connectivity index (χ1) is 12.2. The van der Waals surface area contributed by atoms with Gasteiger partial charge < -0.3 is 9.15 Å². The van der Waals surface area contributed by atoms with Crippen LogP contribution in [0.4, 0.5) is 0 Å². The van der Waals surface area contributed by atoms with Gasteiger partial charge in [0.15, 0.2) is 0 Å². The number of methoxy groups -OCH3 is 1. The summed E-state index contributed by atoms with van der Waals surface area (Å²) in [6.45, 7) is 7.11. The van der Waals surface area contributed by atoms with Crippen LogP contribution < -0.4 is 4.74 Å². The number of piperazine rings is 1. The second-order valence-electron chi connectivity index (χ2n) is 7.04. The fraction of sp³-hybridized carbons (Fsp3) is 0.579. The summed E-state index contributed by atoms with van der Waals surface area (Å²) in [5.41, 5.74) is 1.25. The molecule has 6 heteroatoms. The van der Waals surface area contributed by atoms with Crippen LogP contribution in [-0.2, 0) is 6.54 Å². The van der Waals surface area contributed by atoms with Gasteiger partial charge in [-0.25, -0.2) is 0 Å². The van der Waals surface area contributed by atoms with E-state index in [-0.39, 0.29) is 0 Å². The van der Waals surface area contributed by atoms with Gasteiger partial charge in [0.2, 0.25) is 11.8 Å². The van der Waals surface area contributed by atoms with Crippen LogP contribution in [-0.4, -0.2) is 53.3 Å². The SMILES string of the molecule is COc1ccccc1[C@H](C)N1CCN(Cc2nnc(C3CC3)o2)CC1. The molecule has 0 amide bonds. The third-order valence-electron chi connectivity index (χ3n) is 5.31. The van der Waals surface area contributed by atoms with E-state index in [1.165, 1.54) is 18.4 Å². The van der Waals surface area contributed by atoms with Gasteiger partial charge in [-0.05, 0) is 25.8 Å². The van der Waals surface area contributed by atoms with Crippen molar-refractivity contribution in [3.63, 3.8) is 0 Å². The van der Waals surface area contributed by atoms with Crippen LogP contribution in [0.15, 0.2) is 28.7 Å². The second kappa shape index (κ2) is 7.14. The van der Waals surface area contributed by atoms with Gasteiger partial charge in [0.25, 0.3) is 0 Å². The highest BCUT2D eigenvalue weighted by Gasteiger charge is 2.30. The van der Waals surface area contributed by atoms with Crippen molar-refractivity contribution in [3.05, 3.63) is 41.6 Å². The van der Waals surface area contributed by atoms with Crippen molar-refractivity contribution in [2.45, 2.75) is 38.3 Å². The summed E-state index contributed by atoms with van der Waals surface area (Å²) in [5.74, 6) is 3.09. The van der Waals surface area contributed by atoms with Crippen LogP contribution >= 0.6 is 0 Å². The molecule has 1 atom stereocenters. The summed E-state index contributed by atoms with van der Waals surface area (Å²) in [6, 6.07) is 8.65. The number of hydrogen-bond donors (Lipinski definition) is 0. The van der Waals surface area contributed by atoms with Crippen molar-refractivity contribution in [3.8, 4) is 5.75 Å². The lowest BCUT2D eigenvalue weighted by atomic mass is 10.0. The lowest BCUT2D eigenvalue weighted by molar-refractivity contribution is 0.0909. The molecule has 2 heterocycles. The van der Waals surface area contributed by atoms with E-state index in [9.17, 15) is 0 Å². The minimum atomic E-state index is 0.350. The Morgan fingerprint density at radius 3 is 2.64 bits per heavy atom. The Hall–Kier alpha value is -1.92. The minimum Gasteiger partial charge on any atom is -0.496 e. The maximum atomic E-state index is 5.79. The molecule has 134 valence electrons. The zero-order valence-electron chi connectivity index (χ0n) is 15.0. The molecule has 1 saturated heterocycles. The van der Waals surface area contributed by atoms with Crippen LogP contribution in [0.3, 0.4) is 0 Å². The molecule has 1 aliphatic carbocycles. The van der Waals surface area contributed by atoms with Crippen LogP contribution in [0.2, 0.25) is 0 Å². The van der Waals surface area contributed by atoms with E-state index in [1.807, 2.05) is 12.1 Å². The molecule has 4 rings (SSSR count). The lowest BCUT2D eigenvalue weighted by Crippen LogP contribution is -2.46. The van der Waals surface area contributed by atoms with E-state index in [1.54, 1.807) is 7.11 Å². The van der Waals surface area contributed by atoms with E-state index in [2.05, 4.69) is 39.1 Å². The maximum absolute atomic E-state index is 5.79. The van der Waals surface area contributed by atoms with Gasteiger partial charge in [0.05, 0.1) is 13.7 Å². The summed E-state index contributed by atoms with van der Waals surface area (Å²) in [6.07, 6.45) is 2.39. The lowest BCUT2D eigenvalue weighted by Gasteiger charge is -2.38. The first kappa shape index (κ1) is 16.5. The fourth-order valence-corrected chi connectivity index (χ4v) is 3.53. The number of aromatic nitrogens is 2. The van der Waals surface area contributed by atoms with Crippen molar-refractivity contribution in [1.29, 1.82) is 0 Å². The Bertz CT molecular complexity index is 705. The van der Waals surface area contributed by atoms with Gasteiger partial charge in [0.1, 0.15) is 5.75 Å². The van der Waals surface area contributed by atoms with Gasteiger partial charge in [0, 0.05) is 43.7 Å². The molecule has 2 aliphatic rings. The fourth-order valence-electron chi connectivity index (χ4n) is 3.53. The number of benzene rings is 1. The van der Waals surface area contributed by atoms with E-state index in [0.717, 1.165) is 50.3 Å². The first-order valence-corrected chi connectivity index (χ1v) is 9.16. The predicted octanol–water partition coefficient (Wildman–Crippen LogP) is 2.83. The van der Waals surface area contributed by atoms with Crippen molar-refractivity contribution in [2.24, 2.45) is 0 Å². The normalized spacial score (nSPS) is 20.6. The predicted molar refractivity (Wildman–Crippen MR) is 94.5 cm³/mol. The molecule has 25 heavy (non-hydrogen) atoms. The second-order valence-corrected chi connectivity index (χ2v) is 7.04. The maximum Gasteiger partial charge on any atom is 0.230 e. The summed E-state index contributed by atoms with van der Waals surface area (Å²) in [4.78, 5) is 4.91. The highest BCUT2D eigenvalue weighted by molar-refractivity contribution is 5.35. The van der Waals surface area contributed by atoms with Gasteiger partial charge in [-0.3, -0.25) is 9.80 Å². The van der Waals surface area contributed by atoms with Crippen LogP contribution in [0.5, 0.6) is 5.75 Å². The molecule has 0 radical (unpaired) electrons. The highest BCUT2D eigenvalue weighted by Crippen LogP contribution is 2.39. The van der Waals surface area contributed by atoms with Gasteiger partial charge in [-0.2, -0.15) is 0 Å². The highest BCUT2D eigenvalue weighted by atomic mass is 16.5. The van der Waals surface area contributed by atoms with Crippen LogP contribution in [0, 0.1) is 0 Å². The smallest absolute Gasteiger partial charge is 0.230 e. The Labute approximate surface area is 148 Å². The first-order valence-electron chi connectivity index (χ1n) is 9.16. The Morgan fingerprint density at radius 1 is 1.16 bits per heavy atom. The Morgan fingerprint density at radius 2 is 1.92 bits per heavy atom. The topological polar surface area (TPSA) is 54.6 Å². The molecule has 1 saturated carbocycles. The Balaban J connectivity index is 1.32. The minimum absolute atomic E-state index is 0.350. The molecule has 1 aromatic heterocycles. The van der Waals surface area contributed by atoms with E-state index >= 15 is 0 Å². The standard InChI is InChI=1S/C19H26N4O2/c1-14(16-5-3-4-6-17(16)24-2)23-11-9-22(10-12-23)13-18-20-21-19(25-18)15-7-8-15/h3-6,14-15H,7-13H2,1-2H3/t14-/m0/s1. The number of nitrogens with zero attached hydrogens (tertiary/aromatic N) is 4. The van der Waals surface area contributed by atoms with Crippen molar-refractivity contribution < 1.29 is 9.15 Å². The third-order valence-corrected chi connectivity index (χ3v) is 5.31. The number of hydrogen-bond acceptors (Lipinski definition) is 6. The average Bonchev–Trinajstić information content (AvgIpc) is 3.41. The van der Waals surface area contributed by atoms with Gasteiger partial charge >= 0.3 is 0 Å². The zero-order chi connectivity index (χ0) is 17.2. The number of rotatable bonds is 6. The monoisotopic (exact) mass is 342 g/mol. The number of para-hydroxylation sites is 1. The molecule has 0 spiro atoms. The molecule has 2 fully saturated rings. The summed E-state index contributed by atoms with van der Waals surface area (Å²) < 4.78 is 11.3. The molecule has 1 aromatic carbocycles. The Kier molecular flexibility index (Phi) is 4.72. The molecule has 0 bridgehead atoms.